The van der Waals surface area contributed by atoms with Gasteiger partial charge in [-0.3, -0.25) is 4.79 Å². The molecule has 0 aliphatic rings. The monoisotopic (exact) mass is 295 g/mol. The number of hydrogen-bond donors (Lipinski definition) is 1. The van der Waals surface area contributed by atoms with E-state index in [-0.39, 0.29) is 5.91 Å². The smallest absolute Gasteiger partial charge is 0.244 e. The number of rotatable bonds is 6. The van der Waals surface area contributed by atoms with E-state index in [2.05, 4.69) is 34.8 Å². The van der Waals surface area contributed by atoms with Gasteiger partial charge in [0.15, 0.2) is 0 Å². The van der Waals surface area contributed by atoms with E-state index in [1.807, 2.05) is 6.92 Å². The zero-order valence-electron chi connectivity index (χ0n) is 8.40. The van der Waals surface area contributed by atoms with E-state index in [1.165, 1.54) is 19.3 Å². The van der Waals surface area contributed by atoms with E-state index in [4.69, 9.17) is 0 Å². The summed E-state index contributed by atoms with van der Waals surface area (Å²) in [6.07, 6.45) is 6.43. The number of halogens is 1. The fourth-order valence-corrected chi connectivity index (χ4v) is 1.28. The molecule has 1 N–H and O–H groups in total. The molecule has 0 spiro atoms. The molecule has 0 saturated heterocycles. The second-order valence-electron chi connectivity index (χ2n) is 3.08. The molecule has 0 aromatic rings. The minimum Gasteiger partial charge on any atom is -0.353 e. The molecule has 0 atom stereocenters. The van der Waals surface area contributed by atoms with Gasteiger partial charge in [-0.1, -0.05) is 26.2 Å². The number of carbonyl (C=O) groups excluding carboxylic acids is 1. The molecule has 0 saturated carbocycles. The molecule has 0 rings (SSSR count). The molecule has 0 aliphatic heterocycles. The molecule has 0 unspecified atom stereocenters. The lowest BCUT2D eigenvalue weighted by Crippen LogP contribution is -2.22. The van der Waals surface area contributed by atoms with E-state index in [1.54, 1.807) is 6.08 Å². The second-order valence-corrected chi connectivity index (χ2v) is 4.78. The van der Waals surface area contributed by atoms with E-state index in [0.29, 0.717) is 0 Å². The molecule has 0 fully saturated rings. The maximum Gasteiger partial charge on any atom is 0.244 e. The second kappa shape index (κ2) is 8.53. The van der Waals surface area contributed by atoms with Gasteiger partial charge in [-0.15, -0.1) is 0 Å². The Bertz CT molecular complexity index is 174. The highest BCUT2D eigenvalue weighted by Gasteiger charge is 1.94. The van der Waals surface area contributed by atoms with Crippen molar-refractivity contribution in [2.75, 3.05) is 6.54 Å². The van der Waals surface area contributed by atoms with Gasteiger partial charge in [0.25, 0.3) is 0 Å². The predicted octanol–water partition coefficient (Wildman–Crippen LogP) is 3.02. The largest absolute Gasteiger partial charge is 0.353 e. The third kappa shape index (κ3) is 9.86. The summed E-state index contributed by atoms with van der Waals surface area (Å²) in [6, 6.07) is 0. The van der Waals surface area contributed by atoms with Crippen molar-refractivity contribution in [2.45, 2.75) is 39.5 Å². The van der Waals surface area contributed by atoms with Crippen molar-refractivity contribution < 1.29 is 4.79 Å². The van der Waals surface area contributed by atoms with Crippen LogP contribution in [0.2, 0.25) is 0 Å². The van der Waals surface area contributed by atoms with E-state index < -0.39 is 0 Å². The van der Waals surface area contributed by atoms with Crippen LogP contribution in [0.4, 0.5) is 0 Å². The van der Waals surface area contributed by atoms with E-state index in [9.17, 15) is 4.79 Å². The van der Waals surface area contributed by atoms with Crippen molar-refractivity contribution in [1.29, 1.82) is 0 Å². The van der Waals surface area contributed by atoms with Crippen LogP contribution in [-0.2, 0) is 4.79 Å². The Morgan fingerprint density at radius 3 is 2.62 bits per heavy atom. The van der Waals surface area contributed by atoms with Gasteiger partial charge in [0.05, 0.1) is 0 Å². The first kappa shape index (κ1) is 12.9. The number of amides is 1. The summed E-state index contributed by atoms with van der Waals surface area (Å²) < 4.78 is 1.02. The molecule has 1 amide bonds. The van der Waals surface area contributed by atoms with Crippen LogP contribution in [0.5, 0.6) is 0 Å². The Morgan fingerprint density at radius 2 is 2.08 bits per heavy atom. The normalized spacial score (nSPS) is 11.5. The quantitative estimate of drug-likeness (QED) is 0.455. The highest BCUT2D eigenvalue weighted by atomic mass is 127. The molecule has 0 heterocycles. The Balaban J connectivity index is 3.33. The first-order valence-electron chi connectivity index (χ1n) is 4.78. The van der Waals surface area contributed by atoms with E-state index in [0.717, 1.165) is 16.5 Å². The summed E-state index contributed by atoms with van der Waals surface area (Å²) in [5, 5.41) is 2.85. The third-order valence-corrected chi connectivity index (χ3v) is 1.97. The van der Waals surface area contributed by atoms with Crippen LogP contribution in [0.15, 0.2) is 9.66 Å². The Kier molecular flexibility index (Phi) is 8.49. The number of hydrogen-bond acceptors (Lipinski definition) is 1. The standard InChI is InChI=1S/C10H18INO/c1-3-4-5-6-7-12-10(13)8-9(2)11/h8H,3-7H2,1-2H3,(H,12,13). The van der Waals surface area contributed by atoms with Gasteiger partial charge in [0.2, 0.25) is 5.91 Å². The zero-order valence-corrected chi connectivity index (χ0v) is 10.6. The van der Waals surface area contributed by atoms with Crippen molar-refractivity contribution in [1.82, 2.24) is 5.32 Å². The predicted molar refractivity (Wildman–Crippen MR) is 64.9 cm³/mol. The van der Waals surface area contributed by atoms with Gasteiger partial charge in [-0.2, -0.15) is 0 Å². The Morgan fingerprint density at radius 1 is 1.38 bits per heavy atom. The molecule has 0 aromatic carbocycles. The molecule has 13 heavy (non-hydrogen) atoms. The first-order chi connectivity index (χ1) is 6.16. The maximum absolute atomic E-state index is 11.1. The van der Waals surface area contributed by atoms with Gasteiger partial charge < -0.3 is 5.32 Å². The summed E-state index contributed by atoms with van der Waals surface area (Å²) >= 11 is 2.13. The lowest BCUT2D eigenvalue weighted by atomic mass is 10.2. The van der Waals surface area contributed by atoms with Crippen molar-refractivity contribution in [3.05, 3.63) is 9.66 Å². The fourth-order valence-electron chi connectivity index (χ4n) is 0.995. The molecule has 0 bridgehead atoms. The molecule has 3 heteroatoms. The number of unbranched alkanes of at least 4 members (excludes halogenated alkanes) is 3. The molecule has 0 radical (unpaired) electrons. The molecular weight excluding hydrogens is 277 g/mol. The summed E-state index contributed by atoms with van der Waals surface area (Å²) in [5.74, 6) is 0.0309. The molecular formula is C10H18INO. The zero-order chi connectivity index (χ0) is 10.1. The van der Waals surface area contributed by atoms with Crippen molar-refractivity contribution >= 4 is 28.5 Å². The van der Waals surface area contributed by atoms with Crippen molar-refractivity contribution in [2.24, 2.45) is 0 Å². The highest BCUT2D eigenvalue weighted by molar-refractivity contribution is 14.1. The minimum absolute atomic E-state index is 0.0309. The van der Waals surface area contributed by atoms with Crippen LogP contribution in [0.1, 0.15) is 39.5 Å². The summed E-state index contributed by atoms with van der Waals surface area (Å²) in [7, 11) is 0. The minimum atomic E-state index is 0.0309. The van der Waals surface area contributed by atoms with Crippen LogP contribution < -0.4 is 5.32 Å². The fraction of sp³-hybridized carbons (Fsp3) is 0.700. The lowest BCUT2D eigenvalue weighted by molar-refractivity contribution is -0.116. The Labute approximate surface area is 94.3 Å². The molecule has 0 aromatic heterocycles. The average molecular weight is 295 g/mol. The van der Waals surface area contributed by atoms with E-state index >= 15 is 0 Å². The summed E-state index contributed by atoms with van der Waals surface area (Å²) in [5.41, 5.74) is 0. The average Bonchev–Trinajstić information content (AvgIpc) is 2.02. The Hall–Kier alpha value is -0.0600. The van der Waals surface area contributed by atoms with Gasteiger partial charge in [0, 0.05) is 12.6 Å². The van der Waals surface area contributed by atoms with Crippen LogP contribution >= 0.6 is 22.6 Å². The summed E-state index contributed by atoms with van der Waals surface area (Å²) in [6.45, 7) is 4.90. The van der Waals surface area contributed by atoms with Crippen LogP contribution in [0.25, 0.3) is 0 Å². The third-order valence-electron chi connectivity index (χ3n) is 1.66. The van der Waals surface area contributed by atoms with Crippen LogP contribution in [-0.4, -0.2) is 12.5 Å². The number of carbonyl (C=O) groups is 1. The molecule has 2 nitrogen and oxygen atoms in total. The number of allylic oxidation sites excluding steroid dienone is 1. The lowest BCUT2D eigenvalue weighted by Gasteiger charge is -2.01. The highest BCUT2D eigenvalue weighted by Crippen LogP contribution is 2.01. The van der Waals surface area contributed by atoms with Crippen molar-refractivity contribution in [3.8, 4) is 0 Å². The van der Waals surface area contributed by atoms with Crippen LogP contribution in [0.3, 0.4) is 0 Å². The first-order valence-corrected chi connectivity index (χ1v) is 5.86. The summed E-state index contributed by atoms with van der Waals surface area (Å²) in [4.78, 5) is 11.1. The number of nitrogens with one attached hydrogen (secondary N) is 1. The van der Waals surface area contributed by atoms with Gasteiger partial charge in [-0.05, 0) is 39.5 Å². The van der Waals surface area contributed by atoms with Gasteiger partial charge in [-0.25, -0.2) is 0 Å². The van der Waals surface area contributed by atoms with Crippen LogP contribution in [0, 0.1) is 0 Å². The maximum atomic E-state index is 11.1. The van der Waals surface area contributed by atoms with Crippen molar-refractivity contribution in [3.63, 3.8) is 0 Å². The SMILES string of the molecule is CCCCCCNC(=O)C=C(C)I. The van der Waals surface area contributed by atoms with Gasteiger partial charge in [0.1, 0.15) is 0 Å². The van der Waals surface area contributed by atoms with Gasteiger partial charge >= 0.3 is 0 Å². The molecule has 0 aliphatic carbocycles. The topological polar surface area (TPSA) is 29.1 Å². The molecule has 76 valence electrons.